The number of aliphatic carboxylic acids is 1. The topological polar surface area (TPSA) is 123 Å². The number of anilines is 1. The van der Waals surface area contributed by atoms with Crippen molar-refractivity contribution in [2.75, 3.05) is 5.32 Å². The molecular formula is C35H32N4O5S. The molecule has 9 nitrogen and oxygen atoms in total. The normalized spacial score (nSPS) is 12.6. The summed E-state index contributed by atoms with van der Waals surface area (Å²) in [6.07, 6.45) is 1.64. The van der Waals surface area contributed by atoms with E-state index in [1.54, 1.807) is 44.5 Å². The van der Waals surface area contributed by atoms with Gasteiger partial charge >= 0.3 is 11.9 Å². The lowest BCUT2D eigenvalue weighted by Gasteiger charge is -2.36. The van der Waals surface area contributed by atoms with Crippen LogP contribution in [0.3, 0.4) is 0 Å². The van der Waals surface area contributed by atoms with Crippen LogP contribution in [0.1, 0.15) is 54.8 Å². The molecular weight excluding hydrogens is 588 g/mol. The van der Waals surface area contributed by atoms with Crippen molar-refractivity contribution >= 4 is 34.1 Å². The van der Waals surface area contributed by atoms with Crippen LogP contribution < -0.4 is 5.32 Å². The molecule has 5 rings (SSSR count). The van der Waals surface area contributed by atoms with E-state index in [4.69, 9.17) is 9.57 Å². The minimum absolute atomic E-state index is 0.0622. The fourth-order valence-electron chi connectivity index (χ4n) is 4.81. The molecule has 3 aromatic carbocycles. The van der Waals surface area contributed by atoms with Crippen molar-refractivity contribution in [3.05, 3.63) is 149 Å². The monoisotopic (exact) mass is 620 g/mol. The molecule has 2 aromatic heterocycles. The first-order valence-electron chi connectivity index (χ1n) is 14.2. The standard InChI is InChI=1S/C35H32N4O5S/c1-34(2,3)43-32(42)30(24-14-13-21-36-22-24)44-39-29(31(40)41)28-23-45-33(37-28)38-35(25-15-7-4-8-16-25,26-17-9-5-10-18-26)27-19-11-6-12-20-27/h4-23,30H,1-3H3,(H,37,38)(H,40,41)/b39-29-. The number of ether oxygens (including phenoxy) is 1. The van der Waals surface area contributed by atoms with Crippen molar-refractivity contribution in [2.24, 2.45) is 5.16 Å². The van der Waals surface area contributed by atoms with E-state index in [1.807, 2.05) is 91.0 Å². The van der Waals surface area contributed by atoms with Crippen LogP contribution in [0.25, 0.3) is 0 Å². The molecule has 5 aromatic rings. The number of hydrogen-bond acceptors (Lipinski definition) is 9. The number of carbonyl (C=O) groups is 2. The zero-order valence-corrected chi connectivity index (χ0v) is 25.8. The Balaban J connectivity index is 1.53. The van der Waals surface area contributed by atoms with Crippen molar-refractivity contribution in [2.45, 2.75) is 38.0 Å². The molecule has 0 spiro atoms. The molecule has 1 atom stereocenters. The average molecular weight is 621 g/mol. The molecule has 2 heterocycles. The van der Waals surface area contributed by atoms with E-state index in [0.29, 0.717) is 10.7 Å². The van der Waals surface area contributed by atoms with E-state index in [9.17, 15) is 14.7 Å². The summed E-state index contributed by atoms with van der Waals surface area (Å²) in [6.45, 7) is 5.17. The minimum Gasteiger partial charge on any atom is -0.476 e. The molecule has 0 fully saturated rings. The second kappa shape index (κ2) is 13.5. The lowest BCUT2D eigenvalue weighted by Crippen LogP contribution is -2.38. The number of benzene rings is 3. The molecule has 2 N–H and O–H groups in total. The molecule has 0 saturated heterocycles. The molecule has 0 aliphatic heterocycles. The summed E-state index contributed by atoms with van der Waals surface area (Å²) in [5.74, 6) is -2.11. The van der Waals surface area contributed by atoms with Crippen LogP contribution in [0.4, 0.5) is 5.13 Å². The zero-order chi connectivity index (χ0) is 31.9. The van der Waals surface area contributed by atoms with Gasteiger partial charge < -0.3 is 20.0 Å². The van der Waals surface area contributed by atoms with Crippen LogP contribution in [0, 0.1) is 0 Å². The van der Waals surface area contributed by atoms with Crippen molar-refractivity contribution in [1.29, 1.82) is 0 Å². The van der Waals surface area contributed by atoms with Gasteiger partial charge in [0.25, 0.3) is 0 Å². The number of carboxylic acids is 1. The van der Waals surface area contributed by atoms with Crippen LogP contribution in [0.5, 0.6) is 0 Å². The van der Waals surface area contributed by atoms with Gasteiger partial charge in [0.2, 0.25) is 11.8 Å². The number of nitrogens with one attached hydrogen (secondary N) is 1. The van der Waals surface area contributed by atoms with E-state index >= 15 is 0 Å². The Morgan fingerprint density at radius 2 is 1.40 bits per heavy atom. The highest BCUT2D eigenvalue weighted by Crippen LogP contribution is 2.40. The Kier molecular flexibility index (Phi) is 9.34. The third-order valence-electron chi connectivity index (χ3n) is 6.72. The highest BCUT2D eigenvalue weighted by Gasteiger charge is 2.37. The molecule has 0 aliphatic carbocycles. The highest BCUT2D eigenvalue weighted by molar-refractivity contribution is 7.14. The van der Waals surface area contributed by atoms with Gasteiger partial charge in [-0.25, -0.2) is 14.6 Å². The third-order valence-corrected chi connectivity index (χ3v) is 7.48. The number of nitrogens with zero attached hydrogens (tertiary/aromatic N) is 3. The number of carbonyl (C=O) groups excluding carboxylic acids is 1. The molecule has 0 amide bonds. The summed E-state index contributed by atoms with van der Waals surface area (Å²) in [7, 11) is 0. The van der Waals surface area contributed by atoms with Crippen LogP contribution in [0.15, 0.2) is 126 Å². The van der Waals surface area contributed by atoms with E-state index in [1.165, 1.54) is 17.5 Å². The molecule has 0 bridgehead atoms. The SMILES string of the molecule is CC(C)(C)OC(=O)C(O/N=C(\C(=O)O)c1csc(NC(c2ccccc2)(c2ccccc2)c2ccccc2)n1)c1cccnc1. The summed E-state index contributed by atoms with van der Waals surface area (Å²) in [4.78, 5) is 39.7. The largest absolute Gasteiger partial charge is 0.476 e. The molecule has 1 unspecified atom stereocenters. The van der Waals surface area contributed by atoms with Crippen molar-refractivity contribution in [1.82, 2.24) is 9.97 Å². The van der Waals surface area contributed by atoms with E-state index in [2.05, 4.69) is 20.4 Å². The van der Waals surface area contributed by atoms with Gasteiger partial charge in [-0.2, -0.15) is 0 Å². The summed E-state index contributed by atoms with van der Waals surface area (Å²) >= 11 is 1.23. The maximum atomic E-state index is 13.0. The Morgan fingerprint density at radius 1 is 0.844 bits per heavy atom. The van der Waals surface area contributed by atoms with Crippen LogP contribution in [0.2, 0.25) is 0 Å². The van der Waals surface area contributed by atoms with Gasteiger partial charge in [-0.3, -0.25) is 4.98 Å². The third kappa shape index (κ3) is 7.25. The number of esters is 1. The summed E-state index contributed by atoms with van der Waals surface area (Å²) in [5, 5.41) is 19.7. The Hall–Kier alpha value is -5.35. The van der Waals surface area contributed by atoms with E-state index in [-0.39, 0.29) is 5.69 Å². The number of hydrogen-bond donors (Lipinski definition) is 2. The molecule has 0 radical (unpaired) electrons. The van der Waals surface area contributed by atoms with Crippen molar-refractivity contribution in [3.8, 4) is 0 Å². The predicted molar refractivity (Wildman–Crippen MR) is 173 cm³/mol. The molecule has 0 aliphatic rings. The number of aromatic nitrogens is 2. The van der Waals surface area contributed by atoms with E-state index in [0.717, 1.165) is 16.7 Å². The minimum atomic E-state index is -1.37. The number of rotatable bonds is 11. The number of carboxylic acid groups (broad SMARTS) is 1. The number of thiazole rings is 1. The van der Waals surface area contributed by atoms with Gasteiger partial charge in [0.1, 0.15) is 16.8 Å². The molecule has 10 heteroatoms. The van der Waals surface area contributed by atoms with Gasteiger partial charge in [-0.1, -0.05) is 102 Å². The smallest absolute Gasteiger partial charge is 0.360 e. The Labute approximate surface area is 265 Å². The summed E-state index contributed by atoms with van der Waals surface area (Å²) in [5.41, 5.74) is 1.17. The van der Waals surface area contributed by atoms with Gasteiger partial charge in [0, 0.05) is 23.3 Å². The first kappa shape index (κ1) is 31.1. The van der Waals surface area contributed by atoms with Gasteiger partial charge in [-0.15, -0.1) is 11.3 Å². The van der Waals surface area contributed by atoms with Gasteiger partial charge in [-0.05, 0) is 43.5 Å². The second-order valence-electron chi connectivity index (χ2n) is 11.1. The first-order chi connectivity index (χ1) is 21.7. The lowest BCUT2D eigenvalue weighted by molar-refractivity contribution is -0.169. The second-order valence-corrected chi connectivity index (χ2v) is 11.9. The summed E-state index contributed by atoms with van der Waals surface area (Å²) < 4.78 is 5.51. The average Bonchev–Trinajstić information content (AvgIpc) is 3.50. The Bertz CT molecular complexity index is 1660. The molecule has 228 valence electrons. The molecule has 45 heavy (non-hydrogen) atoms. The van der Waals surface area contributed by atoms with Crippen LogP contribution in [-0.2, 0) is 24.7 Å². The van der Waals surface area contributed by atoms with Crippen LogP contribution in [-0.4, -0.2) is 38.3 Å². The van der Waals surface area contributed by atoms with Crippen molar-refractivity contribution in [3.63, 3.8) is 0 Å². The zero-order valence-electron chi connectivity index (χ0n) is 25.0. The van der Waals surface area contributed by atoms with Gasteiger partial charge in [0.15, 0.2) is 5.13 Å². The predicted octanol–water partition coefficient (Wildman–Crippen LogP) is 6.83. The number of pyridine rings is 1. The first-order valence-corrected chi connectivity index (χ1v) is 15.1. The Morgan fingerprint density at radius 3 is 1.87 bits per heavy atom. The fraction of sp³-hybridized carbons (Fsp3) is 0.171. The van der Waals surface area contributed by atoms with E-state index < -0.39 is 34.9 Å². The lowest BCUT2D eigenvalue weighted by atomic mass is 9.77. The molecule has 0 saturated carbocycles. The van der Waals surface area contributed by atoms with Crippen LogP contribution >= 0.6 is 11.3 Å². The fourth-order valence-corrected chi connectivity index (χ4v) is 5.56. The highest BCUT2D eigenvalue weighted by atomic mass is 32.1. The van der Waals surface area contributed by atoms with Gasteiger partial charge in [0.05, 0.1) is 0 Å². The summed E-state index contributed by atoms with van der Waals surface area (Å²) in [6, 6.07) is 33.2. The quantitative estimate of drug-likeness (QED) is 0.0713. The maximum absolute atomic E-state index is 13.0. The maximum Gasteiger partial charge on any atom is 0.360 e. The number of oxime groups is 1. The van der Waals surface area contributed by atoms with Crippen molar-refractivity contribution < 1.29 is 24.3 Å².